The van der Waals surface area contributed by atoms with E-state index in [0.717, 1.165) is 25.2 Å². The Bertz CT molecular complexity index is 464. The smallest absolute Gasteiger partial charge is 0.221 e. The molecule has 3 N–H and O–H groups in total. The molecule has 1 fully saturated rings. The number of benzene rings is 1. The van der Waals surface area contributed by atoms with Crippen molar-refractivity contribution in [3.63, 3.8) is 0 Å². The lowest BCUT2D eigenvalue weighted by Crippen LogP contribution is -2.54. The van der Waals surface area contributed by atoms with Gasteiger partial charge < -0.3 is 16.0 Å². The zero-order chi connectivity index (χ0) is 15.2. The van der Waals surface area contributed by atoms with E-state index in [9.17, 15) is 4.79 Å². The molecule has 1 aliphatic heterocycles. The second kappa shape index (κ2) is 12.8. The molecule has 1 aromatic rings. The SMILES string of the molecule is CN1CCN(C)C(CNC(=O)CC(N)c2ccccc2)C1.Cl.Cl.Cl. The molecule has 2 unspecified atom stereocenters. The van der Waals surface area contributed by atoms with E-state index in [1.54, 1.807) is 0 Å². The number of carbonyl (C=O) groups excluding carboxylic acids is 1. The van der Waals surface area contributed by atoms with Gasteiger partial charge in [0.15, 0.2) is 0 Å². The van der Waals surface area contributed by atoms with Crippen molar-refractivity contribution < 1.29 is 4.79 Å². The van der Waals surface area contributed by atoms with E-state index in [2.05, 4.69) is 29.2 Å². The summed E-state index contributed by atoms with van der Waals surface area (Å²) in [5.41, 5.74) is 7.08. The number of amides is 1. The number of halogens is 3. The van der Waals surface area contributed by atoms with Gasteiger partial charge in [-0.15, -0.1) is 37.2 Å². The van der Waals surface area contributed by atoms with Gasteiger partial charge in [-0.05, 0) is 19.7 Å². The fourth-order valence-corrected chi connectivity index (χ4v) is 2.64. The minimum atomic E-state index is -0.238. The quantitative estimate of drug-likeness (QED) is 0.791. The average Bonchev–Trinajstić information content (AvgIpc) is 2.49. The zero-order valence-corrected chi connectivity index (χ0v) is 16.6. The third-order valence-corrected chi connectivity index (χ3v) is 4.15. The van der Waals surface area contributed by atoms with E-state index in [1.165, 1.54) is 0 Å². The molecule has 24 heavy (non-hydrogen) atoms. The molecule has 0 saturated carbocycles. The van der Waals surface area contributed by atoms with Crippen LogP contribution in [0, 0.1) is 0 Å². The van der Waals surface area contributed by atoms with Crippen LogP contribution in [0.4, 0.5) is 0 Å². The molecular weight excluding hydrogens is 371 g/mol. The van der Waals surface area contributed by atoms with Crippen molar-refractivity contribution in [1.82, 2.24) is 15.1 Å². The maximum atomic E-state index is 12.0. The van der Waals surface area contributed by atoms with E-state index < -0.39 is 0 Å². The first-order valence-corrected chi connectivity index (χ1v) is 7.52. The number of carbonyl (C=O) groups is 1. The van der Waals surface area contributed by atoms with Crippen LogP contribution in [0.5, 0.6) is 0 Å². The Kier molecular flexibility index (Phi) is 13.6. The number of hydrogen-bond acceptors (Lipinski definition) is 4. The number of hydrogen-bond donors (Lipinski definition) is 2. The predicted octanol–water partition coefficient (Wildman–Crippen LogP) is 1.70. The van der Waals surface area contributed by atoms with Crippen LogP contribution >= 0.6 is 37.2 Å². The Labute approximate surface area is 163 Å². The van der Waals surface area contributed by atoms with Crippen molar-refractivity contribution in [3.8, 4) is 0 Å². The summed E-state index contributed by atoms with van der Waals surface area (Å²) in [7, 11) is 4.23. The van der Waals surface area contributed by atoms with Gasteiger partial charge in [-0.25, -0.2) is 0 Å². The lowest BCUT2D eigenvalue weighted by molar-refractivity contribution is -0.121. The van der Waals surface area contributed by atoms with E-state index in [1.807, 2.05) is 30.3 Å². The molecule has 2 rings (SSSR count). The van der Waals surface area contributed by atoms with Crippen molar-refractivity contribution in [2.75, 3.05) is 40.3 Å². The van der Waals surface area contributed by atoms with Gasteiger partial charge in [-0.3, -0.25) is 9.69 Å². The molecule has 1 amide bonds. The van der Waals surface area contributed by atoms with Crippen molar-refractivity contribution in [3.05, 3.63) is 35.9 Å². The number of rotatable bonds is 5. The van der Waals surface area contributed by atoms with Crippen LogP contribution in [-0.4, -0.2) is 62.0 Å². The Balaban J connectivity index is 0. The first-order valence-electron chi connectivity index (χ1n) is 7.52. The van der Waals surface area contributed by atoms with Crippen LogP contribution in [0.25, 0.3) is 0 Å². The number of likely N-dealkylation sites (N-methyl/N-ethyl adjacent to an activating group) is 2. The normalized spacial score (nSPS) is 19.2. The highest BCUT2D eigenvalue weighted by Crippen LogP contribution is 2.13. The Morgan fingerprint density at radius 2 is 1.83 bits per heavy atom. The van der Waals surface area contributed by atoms with Gasteiger partial charge in [0.05, 0.1) is 0 Å². The van der Waals surface area contributed by atoms with E-state index in [-0.39, 0.29) is 49.2 Å². The van der Waals surface area contributed by atoms with Crippen molar-refractivity contribution in [2.24, 2.45) is 5.73 Å². The van der Waals surface area contributed by atoms with Crippen LogP contribution in [0.1, 0.15) is 18.0 Å². The molecular formula is C16H29Cl3N4O. The molecule has 1 saturated heterocycles. The second-order valence-electron chi connectivity index (χ2n) is 5.92. The minimum absolute atomic E-state index is 0. The van der Waals surface area contributed by atoms with Gasteiger partial charge in [0.25, 0.3) is 0 Å². The highest BCUT2D eigenvalue weighted by molar-refractivity contribution is 5.86. The lowest BCUT2D eigenvalue weighted by Gasteiger charge is -2.37. The van der Waals surface area contributed by atoms with Gasteiger partial charge >= 0.3 is 0 Å². The summed E-state index contributed by atoms with van der Waals surface area (Å²) in [6.07, 6.45) is 0.330. The molecule has 0 radical (unpaired) electrons. The summed E-state index contributed by atoms with van der Waals surface area (Å²) in [5.74, 6) is 0.0213. The minimum Gasteiger partial charge on any atom is -0.354 e. The molecule has 1 heterocycles. The number of nitrogens with one attached hydrogen (secondary N) is 1. The number of nitrogens with two attached hydrogens (primary N) is 1. The van der Waals surface area contributed by atoms with Crippen molar-refractivity contribution in [1.29, 1.82) is 0 Å². The predicted molar refractivity (Wildman–Crippen MR) is 107 cm³/mol. The molecule has 1 aliphatic rings. The molecule has 0 spiro atoms. The molecule has 140 valence electrons. The largest absolute Gasteiger partial charge is 0.354 e. The van der Waals surface area contributed by atoms with E-state index in [0.29, 0.717) is 19.0 Å². The Morgan fingerprint density at radius 3 is 2.46 bits per heavy atom. The Hall–Kier alpha value is -0.560. The zero-order valence-electron chi connectivity index (χ0n) is 14.2. The Morgan fingerprint density at radius 1 is 1.21 bits per heavy atom. The summed E-state index contributed by atoms with van der Waals surface area (Å²) >= 11 is 0. The second-order valence-corrected chi connectivity index (χ2v) is 5.92. The summed E-state index contributed by atoms with van der Waals surface area (Å²) in [6, 6.07) is 9.90. The molecule has 8 heteroatoms. The van der Waals surface area contributed by atoms with Gasteiger partial charge in [0.2, 0.25) is 5.91 Å². The van der Waals surface area contributed by atoms with Crippen molar-refractivity contribution >= 4 is 43.1 Å². The number of nitrogens with zero attached hydrogens (tertiary/aromatic N) is 2. The first-order chi connectivity index (χ1) is 10.1. The highest BCUT2D eigenvalue weighted by atomic mass is 35.5. The maximum absolute atomic E-state index is 12.0. The van der Waals surface area contributed by atoms with E-state index >= 15 is 0 Å². The monoisotopic (exact) mass is 398 g/mol. The molecule has 1 aromatic carbocycles. The number of piperazine rings is 1. The van der Waals surface area contributed by atoms with Crippen molar-refractivity contribution in [2.45, 2.75) is 18.5 Å². The molecule has 0 aromatic heterocycles. The van der Waals surface area contributed by atoms with Crippen LogP contribution in [-0.2, 0) is 4.79 Å². The maximum Gasteiger partial charge on any atom is 0.221 e. The van der Waals surface area contributed by atoms with Crippen LogP contribution < -0.4 is 11.1 Å². The summed E-state index contributed by atoms with van der Waals surface area (Å²) < 4.78 is 0. The van der Waals surface area contributed by atoms with Gasteiger partial charge in [0, 0.05) is 44.7 Å². The average molecular weight is 400 g/mol. The third kappa shape index (κ3) is 8.01. The van der Waals surface area contributed by atoms with E-state index in [4.69, 9.17) is 5.73 Å². The molecule has 0 aliphatic carbocycles. The molecule has 2 atom stereocenters. The standard InChI is InChI=1S/C16H26N4O.3ClH/c1-19-8-9-20(2)14(12-19)11-18-16(21)10-15(17)13-6-4-3-5-7-13;;;/h3-7,14-15H,8-12,17H2,1-2H3,(H,18,21);3*1H. The summed E-state index contributed by atoms with van der Waals surface area (Å²) in [5, 5.41) is 3.02. The summed E-state index contributed by atoms with van der Waals surface area (Å²) in [4.78, 5) is 16.6. The third-order valence-electron chi connectivity index (χ3n) is 4.15. The van der Waals surface area contributed by atoms with Crippen LogP contribution in [0.3, 0.4) is 0 Å². The molecule has 5 nitrogen and oxygen atoms in total. The fraction of sp³-hybridized carbons (Fsp3) is 0.562. The van der Waals surface area contributed by atoms with Gasteiger partial charge in [0.1, 0.15) is 0 Å². The van der Waals surface area contributed by atoms with Crippen LogP contribution in [0.15, 0.2) is 30.3 Å². The van der Waals surface area contributed by atoms with Gasteiger partial charge in [-0.1, -0.05) is 30.3 Å². The summed E-state index contributed by atoms with van der Waals surface area (Å²) in [6.45, 7) is 3.79. The fourth-order valence-electron chi connectivity index (χ4n) is 2.64. The van der Waals surface area contributed by atoms with Crippen LogP contribution in [0.2, 0.25) is 0 Å². The highest BCUT2D eigenvalue weighted by Gasteiger charge is 2.22. The topological polar surface area (TPSA) is 61.6 Å². The lowest BCUT2D eigenvalue weighted by atomic mass is 10.0. The first kappa shape index (κ1) is 25.7. The molecule has 0 bridgehead atoms. The van der Waals surface area contributed by atoms with Gasteiger partial charge in [-0.2, -0.15) is 0 Å².